The highest BCUT2D eigenvalue weighted by Gasteiger charge is 2.27. The number of sulfonamides is 1. The minimum Gasteiger partial charge on any atom is -0.378 e. The molecule has 7 nitrogen and oxygen atoms in total. The van der Waals surface area contributed by atoms with Gasteiger partial charge in [-0.2, -0.15) is 4.31 Å². The van der Waals surface area contributed by atoms with E-state index >= 15 is 0 Å². The maximum Gasteiger partial charge on any atom is 0.256 e. The zero-order valence-electron chi connectivity index (χ0n) is 18.2. The molecule has 0 saturated carbocycles. The summed E-state index contributed by atoms with van der Waals surface area (Å²) in [5.41, 5.74) is 1.25. The molecular weight excluding hydrogens is 390 g/mol. The van der Waals surface area contributed by atoms with E-state index in [0.29, 0.717) is 58.0 Å². The van der Waals surface area contributed by atoms with Crippen LogP contribution in [-0.2, 0) is 14.8 Å². The first-order valence-corrected chi connectivity index (χ1v) is 12.1. The van der Waals surface area contributed by atoms with E-state index in [1.165, 1.54) is 4.31 Å². The summed E-state index contributed by atoms with van der Waals surface area (Å²) in [6.07, 6.45) is 1.71. The molecule has 1 aliphatic rings. The van der Waals surface area contributed by atoms with Gasteiger partial charge in [0.05, 0.1) is 23.7 Å². The van der Waals surface area contributed by atoms with Crippen LogP contribution < -0.4 is 4.90 Å². The average Bonchev–Trinajstić information content (AvgIpc) is 2.74. The topological polar surface area (TPSA) is 70.2 Å². The minimum absolute atomic E-state index is 0.105. The molecule has 8 heteroatoms. The summed E-state index contributed by atoms with van der Waals surface area (Å²) in [5, 5.41) is 0. The number of benzene rings is 1. The van der Waals surface area contributed by atoms with Gasteiger partial charge >= 0.3 is 0 Å². The SMILES string of the molecule is CCCN(CCC)C(=O)c1cc(S(=O)(=O)N(CC)CC)ccc1N1CCOCC1. The minimum atomic E-state index is -3.64. The molecule has 0 N–H and O–H groups in total. The number of rotatable bonds is 10. The van der Waals surface area contributed by atoms with Gasteiger partial charge in [0.1, 0.15) is 0 Å². The molecule has 164 valence electrons. The van der Waals surface area contributed by atoms with Gasteiger partial charge in [0.2, 0.25) is 10.0 Å². The number of carbonyl (C=O) groups excluding carboxylic acids is 1. The molecule has 0 aromatic heterocycles. The van der Waals surface area contributed by atoms with Gasteiger partial charge in [0.15, 0.2) is 0 Å². The molecule has 29 heavy (non-hydrogen) atoms. The van der Waals surface area contributed by atoms with E-state index in [4.69, 9.17) is 4.74 Å². The van der Waals surface area contributed by atoms with Crippen molar-refractivity contribution in [3.63, 3.8) is 0 Å². The third-order valence-electron chi connectivity index (χ3n) is 5.17. The largest absolute Gasteiger partial charge is 0.378 e. The van der Waals surface area contributed by atoms with Crippen molar-refractivity contribution in [3.05, 3.63) is 23.8 Å². The van der Waals surface area contributed by atoms with Gasteiger partial charge in [-0.3, -0.25) is 4.79 Å². The summed E-state index contributed by atoms with van der Waals surface area (Å²) in [5.74, 6) is -0.105. The first kappa shape index (κ1) is 23.6. The number of nitrogens with zero attached hydrogens (tertiary/aromatic N) is 3. The average molecular weight is 426 g/mol. The number of amides is 1. The van der Waals surface area contributed by atoms with Crippen LogP contribution in [0.2, 0.25) is 0 Å². The molecule has 2 rings (SSSR count). The second-order valence-electron chi connectivity index (χ2n) is 7.16. The molecular formula is C21H35N3O4S. The summed E-state index contributed by atoms with van der Waals surface area (Å²) in [4.78, 5) is 17.5. The molecule has 1 saturated heterocycles. The monoisotopic (exact) mass is 425 g/mol. The van der Waals surface area contributed by atoms with Crippen LogP contribution in [0, 0.1) is 0 Å². The summed E-state index contributed by atoms with van der Waals surface area (Å²) in [7, 11) is -3.64. The second-order valence-corrected chi connectivity index (χ2v) is 9.10. The Morgan fingerprint density at radius 1 is 1.03 bits per heavy atom. The Hall–Kier alpha value is -1.64. The van der Waals surface area contributed by atoms with E-state index in [1.54, 1.807) is 18.2 Å². The predicted octanol–water partition coefficient (Wildman–Crippen LogP) is 2.82. The fourth-order valence-corrected chi connectivity index (χ4v) is 5.15. The quantitative estimate of drug-likeness (QED) is 0.577. The van der Waals surface area contributed by atoms with Crippen molar-refractivity contribution in [2.45, 2.75) is 45.4 Å². The van der Waals surface area contributed by atoms with Crippen molar-refractivity contribution >= 4 is 21.6 Å². The molecule has 0 atom stereocenters. The smallest absolute Gasteiger partial charge is 0.256 e. The lowest BCUT2D eigenvalue weighted by Gasteiger charge is -2.32. The molecule has 1 aromatic carbocycles. The molecule has 0 radical (unpaired) electrons. The third-order valence-corrected chi connectivity index (χ3v) is 7.21. The lowest BCUT2D eigenvalue weighted by atomic mass is 10.1. The number of hydrogen-bond donors (Lipinski definition) is 0. The molecule has 1 amide bonds. The van der Waals surface area contributed by atoms with Gasteiger partial charge in [0.25, 0.3) is 5.91 Å². The van der Waals surface area contributed by atoms with Crippen molar-refractivity contribution in [1.82, 2.24) is 9.21 Å². The zero-order chi connectivity index (χ0) is 21.4. The Labute approximate surface area is 175 Å². The highest BCUT2D eigenvalue weighted by Crippen LogP contribution is 2.28. The van der Waals surface area contributed by atoms with E-state index in [9.17, 15) is 13.2 Å². The number of anilines is 1. The molecule has 0 spiro atoms. The molecule has 1 heterocycles. The van der Waals surface area contributed by atoms with Crippen LogP contribution in [0.15, 0.2) is 23.1 Å². The summed E-state index contributed by atoms with van der Waals surface area (Å²) >= 11 is 0. The summed E-state index contributed by atoms with van der Waals surface area (Å²) < 4.78 is 33.0. The van der Waals surface area contributed by atoms with Crippen molar-refractivity contribution in [3.8, 4) is 0 Å². The first-order valence-electron chi connectivity index (χ1n) is 10.7. The molecule has 1 fully saturated rings. The van der Waals surface area contributed by atoms with Crippen LogP contribution in [0.3, 0.4) is 0 Å². The van der Waals surface area contributed by atoms with E-state index in [1.807, 2.05) is 32.6 Å². The number of morpholine rings is 1. The van der Waals surface area contributed by atoms with Crippen LogP contribution in [0.4, 0.5) is 5.69 Å². The van der Waals surface area contributed by atoms with Gasteiger partial charge in [-0.1, -0.05) is 27.7 Å². The van der Waals surface area contributed by atoms with Crippen LogP contribution in [-0.4, -0.2) is 76.0 Å². The van der Waals surface area contributed by atoms with Gasteiger partial charge < -0.3 is 14.5 Å². The number of hydrogen-bond acceptors (Lipinski definition) is 5. The van der Waals surface area contributed by atoms with Crippen molar-refractivity contribution < 1.29 is 17.9 Å². The standard InChI is InChI=1S/C21H35N3O4S/c1-5-11-23(12-6-2)21(25)19-17-18(29(26,27)24(7-3)8-4)9-10-20(19)22-13-15-28-16-14-22/h9-10,17H,5-8,11-16H2,1-4H3. The Balaban J connectivity index is 2.54. The molecule has 1 aliphatic heterocycles. The highest BCUT2D eigenvalue weighted by atomic mass is 32.2. The highest BCUT2D eigenvalue weighted by molar-refractivity contribution is 7.89. The Kier molecular flexibility index (Phi) is 8.92. The van der Waals surface area contributed by atoms with E-state index in [2.05, 4.69) is 4.90 Å². The summed E-state index contributed by atoms with van der Waals surface area (Å²) in [6.45, 7) is 12.4. The van der Waals surface area contributed by atoms with Crippen molar-refractivity contribution in [1.29, 1.82) is 0 Å². The van der Waals surface area contributed by atoms with Crippen LogP contribution in [0.5, 0.6) is 0 Å². The fraction of sp³-hybridized carbons (Fsp3) is 0.667. The van der Waals surface area contributed by atoms with Crippen LogP contribution >= 0.6 is 0 Å². The Bertz CT molecular complexity index is 766. The Morgan fingerprint density at radius 3 is 2.14 bits per heavy atom. The van der Waals surface area contributed by atoms with Gasteiger partial charge in [0, 0.05) is 45.0 Å². The molecule has 0 bridgehead atoms. The van der Waals surface area contributed by atoms with E-state index in [-0.39, 0.29) is 10.8 Å². The van der Waals surface area contributed by atoms with Gasteiger partial charge in [-0.15, -0.1) is 0 Å². The molecule has 0 unspecified atom stereocenters. The van der Waals surface area contributed by atoms with Gasteiger partial charge in [-0.05, 0) is 31.0 Å². The normalized spacial score (nSPS) is 15.0. The van der Waals surface area contributed by atoms with E-state index in [0.717, 1.165) is 18.5 Å². The fourth-order valence-electron chi connectivity index (χ4n) is 3.66. The third kappa shape index (κ3) is 5.49. The maximum atomic E-state index is 13.4. The van der Waals surface area contributed by atoms with Gasteiger partial charge in [-0.25, -0.2) is 8.42 Å². The van der Waals surface area contributed by atoms with E-state index < -0.39 is 10.0 Å². The summed E-state index contributed by atoms with van der Waals surface area (Å²) in [6, 6.07) is 4.98. The lowest BCUT2D eigenvalue weighted by Crippen LogP contribution is -2.39. The molecule has 0 aliphatic carbocycles. The zero-order valence-corrected chi connectivity index (χ0v) is 19.0. The number of carbonyl (C=O) groups is 1. The molecule has 1 aromatic rings. The number of ether oxygens (including phenoxy) is 1. The van der Waals surface area contributed by atoms with Crippen LogP contribution in [0.25, 0.3) is 0 Å². The maximum absolute atomic E-state index is 13.4. The van der Waals surface area contributed by atoms with Crippen molar-refractivity contribution in [2.75, 3.05) is 57.4 Å². The van der Waals surface area contributed by atoms with Crippen molar-refractivity contribution in [2.24, 2.45) is 0 Å². The first-order chi connectivity index (χ1) is 13.9. The second kappa shape index (κ2) is 10.9. The predicted molar refractivity (Wildman–Crippen MR) is 116 cm³/mol. The van der Waals surface area contributed by atoms with Crippen LogP contribution in [0.1, 0.15) is 50.9 Å². The Morgan fingerprint density at radius 2 is 1.62 bits per heavy atom. The lowest BCUT2D eigenvalue weighted by molar-refractivity contribution is 0.0754.